The van der Waals surface area contributed by atoms with Crippen LogP contribution in [0.1, 0.15) is 65.6 Å². The van der Waals surface area contributed by atoms with Crippen molar-refractivity contribution in [3.05, 3.63) is 22.4 Å². The number of aromatic nitrogens is 1. The normalized spacial score (nSPS) is 19.6. The Labute approximate surface area is 210 Å². The van der Waals surface area contributed by atoms with E-state index in [0.717, 1.165) is 29.7 Å². The van der Waals surface area contributed by atoms with Crippen LogP contribution in [0.2, 0.25) is 23.2 Å². The Morgan fingerprint density at radius 3 is 2.56 bits per heavy atom. The summed E-state index contributed by atoms with van der Waals surface area (Å²) in [5.74, 6) is 1.01. The van der Waals surface area contributed by atoms with Gasteiger partial charge in [0.15, 0.2) is 8.32 Å². The molecule has 2 aliphatic heterocycles. The summed E-state index contributed by atoms with van der Waals surface area (Å²) in [6, 6.07) is 0. The van der Waals surface area contributed by atoms with E-state index in [1.54, 1.807) is 4.90 Å². The molecule has 1 amide bonds. The third-order valence-corrected chi connectivity index (χ3v) is 11.6. The highest BCUT2D eigenvalue weighted by atomic mass is 35.5. The molecule has 0 saturated heterocycles. The lowest BCUT2D eigenvalue weighted by molar-refractivity contribution is 0.0196. The second-order valence-corrected chi connectivity index (χ2v) is 16.9. The first-order chi connectivity index (χ1) is 15.6. The molecule has 0 aliphatic carbocycles. The van der Waals surface area contributed by atoms with Crippen molar-refractivity contribution in [2.45, 2.75) is 90.6 Å². The number of nitrogen functional groups attached to an aromatic ring is 1. The molecule has 190 valence electrons. The van der Waals surface area contributed by atoms with Gasteiger partial charge in [0.2, 0.25) is 0 Å². The number of pyridine rings is 1. The average molecular weight is 510 g/mol. The molecule has 1 atom stereocenters. The minimum absolute atomic E-state index is 0.0287. The van der Waals surface area contributed by atoms with Crippen molar-refractivity contribution in [3.63, 3.8) is 0 Å². The van der Waals surface area contributed by atoms with Gasteiger partial charge < -0.3 is 24.5 Å². The monoisotopic (exact) mass is 509 g/mol. The van der Waals surface area contributed by atoms with Crippen LogP contribution < -0.4 is 10.5 Å². The number of hydrogen-bond acceptors (Lipinski definition) is 6. The second kappa shape index (κ2) is 9.70. The van der Waals surface area contributed by atoms with Gasteiger partial charge in [-0.3, -0.25) is 0 Å². The fourth-order valence-corrected chi connectivity index (χ4v) is 5.52. The van der Waals surface area contributed by atoms with Gasteiger partial charge in [-0.1, -0.05) is 38.4 Å². The molecule has 3 rings (SSSR count). The zero-order valence-electron chi connectivity index (χ0n) is 21.9. The van der Waals surface area contributed by atoms with E-state index in [1.165, 1.54) is 0 Å². The number of carbonyl (C=O) groups is 1. The van der Waals surface area contributed by atoms with Crippen LogP contribution in [-0.2, 0) is 15.6 Å². The lowest BCUT2D eigenvalue weighted by Crippen LogP contribution is -2.48. The Morgan fingerprint density at radius 1 is 1.26 bits per heavy atom. The molecule has 0 aromatic carbocycles. The van der Waals surface area contributed by atoms with Crippen molar-refractivity contribution < 1.29 is 18.7 Å². The van der Waals surface area contributed by atoms with Gasteiger partial charge in [0.1, 0.15) is 17.2 Å². The zero-order chi connectivity index (χ0) is 25.5. The molecule has 34 heavy (non-hydrogen) atoms. The molecule has 3 heterocycles. The van der Waals surface area contributed by atoms with Crippen molar-refractivity contribution in [2.24, 2.45) is 0 Å². The summed E-state index contributed by atoms with van der Waals surface area (Å²) in [5, 5.41) is 0.421. The molecule has 2 aliphatic rings. The minimum Gasteiger partial charge on any atom is -0.491 e. The molecule has 0 radical (unpaired) electrons. The first kappa shape index (κ1) is 26.8. The molecule has 0 fully saturated rings. The summed E-state index contributed by atoms with van der Waals surface area (Å²) in [4.78, 5) is 19.2. The first-order valence-electron chi connectivity index (χ1n) is 12.0. The van der Waals surface area contributed by atoms with Gasteiger partial charge in [0.05, 0.1) is 23.4 Å². The maximum absolute atomic E-state index is 13.0. The quantitative estimate of drug-likeness (QED) is 0.498. The summed E-state index contributed by atoms with van der Waals surface area (Å²) in [6.45, 7) is 18.1. The molecular weight excluding hydrogens is 470 g/mol. The number of hydrogen-bond donors (Lipinski definition) is 1. The zero-order valence-corrected chi connectivity index (χ0v) is 23.6. The lowest BCUT2D eigenvalue weighted by atomic mass is 9.97. The fraction of sp³-hybridized carbons (Fsp3) is 0.680. The number of nitrogens with zero attached hydrogens (tertiary/aromatic N) is 2. The first-order valence-corrected chi connectivity index (χ1v) is 15.3. The number of anilines is 1. The third kappa shape index (κ3) is 6.07. The predicted octanol–water partition coefficient (Wildman–Crippen LogP) is 6.06. The SMILES string of the molecule is CC(C)(C)OC(=O)N1CC=C(c2c(Cl)c(N)nc3c2OCCC3)CC(O[Si](C)(C)C(C)(C)C)C1. The molecule has 1 unspecified atom stereocenters. The maximum Gasteiger partial charge on any atom is 0.410 e. The largest absolute Gasteiger partial charge is 0.491 e. The fourth-order valence-electron chi connectivity index (χ4n) is 3.93. The van der Waals surface area contributed by atoms with Crippen molar-refractivity contribution in [1.82, 2.24) is 9.88 Å². The molecule has 7 nitrogen and oxygen atoms in total. The van der Waals surface area contributed by atoms with E-state index in [4.69, 9.17) is 31.2 Å². The Balaban J connectivity index is 2.03. The van der Waals surface area contributed by atoms with Gasteiger partial charge in [-0.15, -0.1) is 0 Å². The summed E-state index contributed by atoms with van der Waals surface area (Å²) < 4.78 is 18.5. The third-order valence-electron chi connectivity index (χ3n) is 6.66. The average Bonchev–Trinajstić information content (AvgIpc) is 2.89. The van der Waals surface area contributed by atoms with Crippen LogP contribution in [0, 0.1) is 0 Å². The van der Waals surface area contributed by atoms with Crippen LogP contribution in [0.5, 0.6) is 5.75 Å². The summed E-state index contributed by atoms with van der Waals surface area (Å²) in [7, 11) is -2.12. The van der Waals surface area contributed by atoms with E-state index in [0.29, 0.717) is 42.7 Å². The predicted molar refractivity (Wildman–Crippen MR) is 140 cm³/mol. The van der Waals surface area contributed by atoms with Gasteiger partial charge >= 0.3 is 6.09 Å². The van der Waals surface area contributed by atoms with Crippen LogP contribution in [0.25, 0.3) is 5.57 Å². The maximum atomic E-state index is 13.0. The van der Waals surface area contributed by atoms with E-state index < -0.39 is 13.9 Å². The Bertz CT molecular complexity index is 966. The van der Waals surface area contributed by atoms with Crippen molar-refractivity contribution in [3.8, 4) is 5.75 Å². The topological polar surface area (TPSA) is 86.9 Å². The molecule has 0 bridgehead atoms. The number of ether oxygens (including phenoxy) is 2. The van der Waals surface area contributed by atoms with Crippen LogP contribution in [0.4, 0.5) is 10.6 Å². The van der Waals surface area contributed by atoms with E-state index >= 15 is 0 Å². The number of carbonyl (C=O) groups excluding carboxylic acids is 1. The van der Waals surface area contributed by atoms with E-state index in [9.17, 15) is 4.79 Å². The van der Waals surface area contributed by atoms with Crippen molar-refractivity contribution in [2.75, 3.05) is 25.4 Å². The van der Waals surface area contributed by atoms with Crippen molar-refractivity contribution >= 4 is 37.4 Å². The molecule has 2 N–H and O–H groups in total. The summed E-state index contributed by atoms with van der Waals surface area (Å²) in [6.07, 6.45) is 3.73. The molecule has 9 heteroatoms. The molecule has 0 saturated carbocycles. The highest BCUT2D eigenvalue weighted by molar-refractivity contribution is 6.74. The Morgan fingerprint density at radius 2 is 1.94 bits per heavy atom. The van der Waals surface area contributed by atoms with E-state index in [1.807, 2.05) is 26.8 Å². The van der Waals surface area contributed by atoms with Crippen LogP contribution in [-0.4, -0.2) is 55.7 Å². The van der Waals surface area contributed by atoms with Gasteiger partial charge in [-0.2, -0.15) is 0 Å². The summed E-state index contributed by atoms with van der Waals surface area (Å²) in [5.41, 5.74) is 8.19. The molecule has 1 aromatic rings. The molecule has 1 aromatic heterocycles. The Hall–Kier alpha value is -1.77. The van der Waals surface area contributed by atoms with Gasteiger partial charge in [0.25, 0.3) is 0 Å². The minimum atomic E-state index is -2.12. The summed E-state index contributed by atoms with van der Waals surface area (Å²) >= 11 is 6.71. The number of halogens is 1. The number of rotatable bonds is 3. The van der Waals surface area contributed by atoms with Crippen LogP contribution in [0.3, 0.4) is 0 Å². The van der Waals surface area contributed by atoms with Gasteiger partial charge in [-0.25, -0.2) is 9.78 Å². The smallest absolute Gasteiger partial charge is 0.410 e. The number of nitrogens with two attached hydrogens (primary N) is 1. The highest BCUT2D eigenvalue weighted by Crippen LogP contribution is 2.44. The number of fused-ring (bicyclic) bond motifs is 1. The standard InChI is InChI=1S/C25H40ClN3O4Si/c1-24(2,3)32-23(30)29-12-11-16(14-17(15-29)33-34(7,8)25(4,5)6)19-20(26)22(27)28-18-10-9-13-31-21(18)19/h11,17H,9-10,12-15H2,1-8H3,(H2,27,28). The van der Waals surface area contributed by atoms with E-state index in [-0.39, 0.29) is 17.2 Å². The second-order valence-electron chi connectivity index (χ2n) is 11.7. The van der Waals surface area contributed by atoms with Crippen molar-refractivity contribution in [1.29, 1.82) is 0 Å². The van der Waals surface area contributed by atoms with Gasteiger partial charge in [-0.05, 0) is 63.7 Å². The number of aryl methyl sites for hydroxylation is 1. The van der Waals surface area contributed by atoms with Crippen LogP contribution in [0.15, 0.2) is 6.08 Å². The lowest BCUT2D eigenvalue weighted by Gasteiger charge is -2.40. The van der Waals surface area contributed by atoms with Crippen LogP contribution >= 0.6 is 11.6 Å². The van der Waals surface area contributed by atoms with Gasteiger partial charge in [0, 0.05) is 18.7 Å². The highest BCUT2D eigenvalue weighted by Gasteiger charge is 2.41. The number of amides is 1. The molecule has 0 spiro atoms. The Kier molecular flexibility index (Phi) is 7.66. The van der Waals surface area contributed by atoms with E-state index in [2.05, 4.69) is 38.8 Å². The molecular formula is C25H40ClN3O4Si.